The average Bonchev–Trinajstić information content (AvgIpc) is 2.69. The lowest BCUT2D eigenvalue weighted by Gasteiger charge is -2.13. The van der Waals surface area contributed by atoms with Crippen LogP contribution in [0.15, 0.2) is 54.6 Å². The van der Waals surface area contributed by atoms with Crippen molar-refractivity contribution in [2.24, 2.45) is 0 Å². The zero-order chi connectivity index (χ0) is 18.3. The molecule has 3 nitrogen and oxygen atoms in total. The molecule has 0 saturated heterocycles. The topological polar surface area (TPSA) is 30.5 Å². The van der Waals surface area contributed by atoms with Gasteiger partial charge in [0.05, 0.1) is 0 Å². The van der Waals surface area contributed by atoms with E-state index in [1.54, 1.807) is 0 Å². The van der Waals surface area contributed by atoms with Crippen LogP contribution in [0.25, 0.3) is 0 Å². The van der Waals surface area contributed by atoms with Gasteiger partial charge >= 0.3 is 0 Å². The molecule has 2 aromatic carbocycles. The van der Waals surface area contributed by atoms with Crippen molar-refractivity contribution in [1.29, 1.82) is 0 Å². The van der Waals surface area contributed by atoms with Crippen LogP contribution in [0.4, 0.5) is 0 Å². The quantitative estimate of drug-likeness (QED) is 0.448. The van der Waals surface area contributed by atoms with E-state index in [0.717, 1.165) is 24.6 Å². The first-order valence-corrected chi connectivity index (χ1v) is 9.99. The smallest absolute Gasteiger partial charge is 0.123 e. The minimum Gasteiger partial charge on any atom is -0.490 e. The second-order valence-electron chi connectivity index (χ2n) is 6.56. The van der Waals surface area contributed by atoms with Gasteiger partial charge in [-0.15, -0.1) is 0 Å². The molecule has 2 aromatic rings. The van der Waals surface area contributed by atoms with E-state index in [9.17, 15) is 0 Å². The van der Waals surface area contributed by atoms with Gasteiger partial charge in [-0.2, -0.15) is 0 Å². The molecule has 0 unspecified atom stereocenters. The van der Waals surface area contributed by atoms with Crippen molar-refractivity contribution in [3.63, 3.8) is 0 Å². The second-order valence-corrected chi connectivity index (χ2v) is 6.56. The molecule has 0 bridgehead atoms. The van der Waals surface area contributed by atoms with Gasteiger partial charge in [-0.05, 0) is 31.2 Å². The maximum Gasteiger partial charge on any atom is 0.123 e. The first-order chi connectivity index (χ1) is 12.9. The van der Waals surface area contributed by atoms with Crippen LogP contribution in [0.1, 0.15) is 51.0 Å². The number of rotatable bonds is 14. The van der Waals surface area contributed by atoms with Crippen LogP contribution in [0.5, 0.6) is 11.5 Å². The Morgan fingerprint density at radius 1 is 0.731 bits per heavy atom. The first-order valence-electron chi connectivity index (χ1n) is 9.99. The van der Waals surface area contributed by atoms with Gasteiger partial charge < -0.3 is 14.8 Å². The second kappa shape index (κ2) is 13.2. The van der Waals surface area contributed by atoms with Gasteiger partial charge in [0, 0.05) is 12.1 Å². The standard InChI is InChI=1S/C23H33NO2/c1-2-3-4-5-6-12-17-24-20-21-13-10-11-16-23(21)26-19-18-25-22-14-8-7-9-15-22/h7-11,13-16,24H,2-6,12,17-20H2,1H3. The number of nitrogens with one attached hydrogen (secondary N) is 1. The van der Waals surface area contributed by atoms with Crippen LogP contribution in [-0.4, -0.2) is 19.8 Å². The van der Waals surface area contributed by atoms with Crippen LogP contribution >= 0.6 is 0 Å². The predicted octanol–water partition coefficient (Wildman–Crippen LogP) is 5.59. The number of ether oxygens (including phenoxy) is 2. The summed E-state index contributed by atoms with van der Waals surface area (Å²) in [4.78, 5) is 0. The molecule has 0 heterocycles. The van der Waals surface area contributed by atoms with Crippen LogP contribution in [0, 0.1) is 0 Å². The zero-order valence-electron chi connectivity index (χ0n) is 16.1. The van der Waals surface area contributed by atoms with Crippen molar-refractivity contribution in [2.75, 3.05) is 19.8 Å². The van der Waals surface area contributed by atoms with Crippen LogP contribution < -0.4 is 14.8 Å². The molecule has 0 fully saturated rings. The molecular weight excluding hydrogens is 322 g/mol. The summed E-state index contributed by atoms with van der Waals surface area (Å²) in [6, 6.07) is 18.1. The van der Waals surface area contributed by atoms with Crippen molar-refractivity contribution < 1.29 is 9.47 Å². The maximum absolute atomic E-state index is 5.92. The highest BCUT2D eigenvalue weighted by Gasteiger charge is 2.03. The van der Waals surface area contributed by atoms with Crippen LogP contribution in [0.2, 0.25) is 0 Å². The van der Waals surface area contributed by atoms with Gasteiger partial charge in [-0.3, -0.25) is 0 Å². The van der Waals surface area contributed by atoms with E-state index in [1.807, 2.05) is 42.5 Å². The lowest BCUT2D eigenvalue weighted by atomic mass is 10.1. The molecule has 0 saturated carbocycles. The Bertz CT molecular complexity index is 586. The highest BCUT2D eigenvalue weighted by atomic mass is 16.5. The van der Waals surface area contributed by atoms with E-state index >= 15 is 0 Å². The molecule has 0 atom stereocenters. The Morgan fingerprint density at radius 3 is 2.27 bits per heavy atom. The summed E-state index contributed by atoms with van der Waals surface area (Å²) in [5.74, 6) is 1.82. The van der Waals surface area contributed by atoms with E-state index in [2.05, 4.69) is 24.4 Å². The molecule has 26 heavy (non-hydrogen) atoms. The molecule has 0 aromatic heterocycles. The Balaban J connectivity index is 1.62. The summed E-state index contributed by atoms with van der Waals surface area (Å²) in [5.41, 5.74) is 1.21. The van der Waals surface area contributed by atoms with Crippen LogP contribution in [-0.2, 0) is 6.54 Å². The number of hydrogen-bond donors (Lipinski definition) is 1. The molecule has 0 spiro atoms. The zero-order valence-corrected chi connectivity index (χ0v) is 16.1. The molecule has 0 aliphatic carbocycles. The number of para-hydroxylation sites is 2. The minimum atomic E-state index is 0.545. The average molecular weight is 356 g/mol. The molecule has 0 aliphatic heterocycles. The lowest BCUT2D eigenvalue weighted by Crippen LogP contribution is -2.16. The molecule has 2 rings (SSSR count). The molecule has 1 N–H and O–H groups in total. The summed E-state index contributed by atoms with van der Waals surface area (Å²) >= 11 is 0. The van der Waals surface area contributed by atoms with Crippen molar-refractivity contribution >= 4 is 0 Å². The third kappa shape index (κ3) is 8.39. The summed E-state index contributed by atoms with van der Waals surface area (Å²) in [7, 11) is 0. The van der Waals surface area contributed by atoms with Gasteiger partial charge in [0.2, 0.25) is 0 Å². The summed E-state index contributed by atoms with van der Waals surface area (Å²) in [5, 5.41) is 3.54. The summed E-state index contributed by atoms with van der Waals surface area (Å²) < 4.78 is 11.6. The van der Waals surface area contributed by atoms with E-state index < -0.39 is 0 Å². The first kappa shape index (κ1) is 20.3. The highest BCUT2D eigenvalue weighted by molar-refractivity contribution is 5.33. The Hall–Kier alpha value is -2.00. The van der Waals surface area contributed by atoms with E-state index in [4.69, 9.17) is 9.47 Å². The fourth-order valence-electron chi connectivity index (χ4n) is 2.87. The monoisotopic (exact) mass is 355 g/mol. The fourth-order valence-corrected chi connectivity index (χ4v) is 2.87. The number of benzene rings is 2. The third-order valence-electron chi connectivity index (χ3n) is 4.35. The fraction of sp³-hybridized carbons (Fsp3) is 0.478. The molecule has 3 heteroatoms. The van der Waals surface area contributed by atoms with E-state index in [-0.39, 0.29) is 0 Å². The van der Waals surface area contributed by atoms with Gasteiger partial charge in [-0.1, -0.05) is 75.4 Å². The van der Waals surface area contributed by atoms with Gasteiger partial charge in [0.15, 0.2) is 0 Å². The number of unbranched alkanes of at least 4 members (excludes halogenated alkanes) is 5. The van der Waals surface area contributed by atoms with E-state index in [0.29, 0.717) is 13.2 Å². The predicted molar refractivity (Wildman–Crippen MR) is 109 cm³/mol. The Labute approximate surface area is 158 Å². The Kier molecular flexibility index (Phi) is 10.3. The van der Waals surface area contributed by atoms with Gasteiger partial charge in [-0.25, -0.2) is 0 Å². The minimum absolute atomic E-state index is 0.545. The molecule has 0 aliphatic rings. The molecule has 0 radical (unpaired) electrons. The maximum atomic E-state index is 5.92. The largest absolute Gasteiger partial charge is 0.490 e. The van der Waals surface area contributed by atoms with Crippen LogP contribution in [0.3, 0.4) is 0 Å². The lowest BCUT2D eigenvalue weighted by molar-refractivity contribution is 0.215. The highest BCUT2D eigenvalue weighted by Crippen LogP contribution is 2.18. The molecule has 142 valence electrons. The molecule has 0 amide bonds. The normalized spacial score (nSPS) is 10.7. The summed E-state index contributed by atoms with van der Waals surface area (Å²) in [6.45, 7) is 5.27. The molecular formula is C23H33NO2. The SMILES string of the molecule is CCCCCCCCNCc1ccccc1OCCOc1ccccc1. The van der Waals surface area contributed by atoms with Crippen molar-refractivity contribution in [1.82, 2.24) is 5.32 Å². The van der Waals surface area contributed by atoms with Crippen molar-refractivity contribution in [3.8, 4) is 11.5 Å². The third-order valence-corrected chi connectivity index (χ3v) is 4.35. The van der Waals surface area contributed by atoms with Crippen molar-refractivity contribution in [3.05, 3.63) is 60.2 Å². The van der Waals surface area contributed by atoms with Crippen molar-refractivity contribution in [2.45, 2.75) is 52.0 Å². The summed E-state index contributed by atoms with van der Waals surface area (Å²) in [6.07, 6.45) is 7.98. The number of hydrogen-bond acceptors (Lipinski definition) is 3. The van der Waals surface area contributed by atoms with Gasteiger partial charge in [0.1, 0.15) is 24.7 Å². The van der Waals surface area contributed by atoms with Gasteiger partial charge in [0.25, 0.3) is 0 Å². The van der Waals surface area contributed by atoms with E-state index in [1.165, 1.54) is 44.1 Å². The Morgan fingerprint density at radius 2 is 1.42 bits per heavy atom.